The third-order valence-electron chi connectivity index (χ3n) is 3.34. The molecule has 3 nitrogen and oxygen atoms in total. The van der Waals surface area contributed by atoms with Gasteiger partial charge in [-0.05, 0) is 12.8 Å². The summed E-state index contributed by atoms with van der Waals surface area (Å²) in [6, 6.07) is 0.414. The molecule has 1 aromatic heterocycles. The first-order chi connectivity index (χ1) is 7.79. The van der Waals surface area contributed by atoms with Crippen molar-refractivity contribution in [3.05, 3.63) is 16.6 Å². The van der Waals surface area contributed by atoms with E-state index in [2.05, 4.69) is 4.98 Å². The van der Waals surface area contributed by atoms with Crippen molar-refractivity contribution in [2.24, 2.45) is 0 Å². The van der Waals surface area contributed by atoms with Gasteiger partial charge in [-0.3, -0.25) is 4.79 Å². The van der Waals surface area contributed by atoms with Gasteiger partial charge in [0.25, 0.3) is 5.91 Å². The minimum absolute atomic E-state index is 0.0770. The van der Waals surface area contributed by atoms with Crippen molar-refractivity contribution in [3.63, 3.8) is 0 Å². The van der Waals surface area contributed by atoms with E-state index in [0.717, 1.165) is 12.8 Å². The summed E-state index contributed by atoms with van der Waals surface area (Å²) in [5.74, 6) is 0.0770. The SMILES string of the molecule is CN(C(=O)c1cscn1)C1CCCCCC1. The van der Waals surface area contributed by atoms with E-state index in [9.17, 15) is 4.79 Å². The van der Waals surface area contributed by atoms with Crippen molar-refractivity contribution in [2.75, 3.05) is 7.05 Å². The molecule has 0 atom stereocenters. The second kappa shape index (κ2) is 5.43. The second-order valence-electron chi connectivity index (χ2n) is 4.44. The van der Waals surface area contributed by atoms with E-state index in [1.54, 1.807) is 5.51 Å². The standard InChI is InChI=1S/C12H18N2OS/c1-14(10-6-4-2-3-5-7-10)12(15)11-8-16-9-13-11/h8-10H,2-7H2,1H3. The lowest BCUT2D eigenvalue weighted by atomic mass is 10.1. The Morgan fingerprint density at radius 1 is 1.38 bits per heavy atom. The van der Waals surface area contributed by atoms with E-state index in [1.165, 1.54) is 37.0 Å². The highest BCUT2D eigenvalue weighted by molar-refractivity contribution is 7.07. The van der Waals surface area contributed by atoms with Crippen LogP contribution in [0.5, 0.6) is 0 Å². The van der Waals surface area contributed by atoms with Gasteiger partial charge in [0.2, 0.25) is 0 Å². The maximum Gasteiger partial charge on any atom is 0.273 e. The van der Waals surface area contributed by atoms with Gasteiger partial charge in [-0.2, -0.15) is 0 Å². The smallest absolute Gasteiger partial charge is 0.273 e. The Morgan fingerprint density at radius 3 is 2.62 bits per heavy atom. The molecule has 1 fully saturated rings. The second-order valence-corrected chi connectivity index (χ2v) is 5.15. The molecule has 0 unspecified atom stereocenters. The molecule has 0 aliphatic heterocycles. The summed E-state index contributed by atoms with van der Waals surface area (Å²) in [6.45, 7) is 0. The zero-order valence-electron chi connectivity index (χ0n) is 9.69. The van der Waals surface area contributed by atoms with Gasteiger partial charge in [-0.1, -0.05) is 25.7 Å². The summed E-state index contributed by atoms with van der Waals surface area (Å²) in [6.07, 6.45) is 7.42. The van der Waals surface area contributed by atoms with E-state index in [4.69, 9.17) is 0 Å². The lowest BCUT2D eigenvalue weighted by Crippen LogP contribution is -2.36. The molecule has 1 aliphatic rings. The topological polar surface area (TPSA) is 33.2 Å². The van der Waals surface area contributed by atoms with Gasteiger partial charge < -0.3 is 4.90 Å². The van der Waals surface area contributed by atoms with Crippen LogP contribution in [-0.4, -0.2) is 28.9 Å². The number of rotatable bonds is 2. The summed E-state index contributed by atoms with van der Waals surface area (Å²) in [5.41, 5.74) is 2.31. The molecule has 0 radical (unpaired) electrons. The first-order valence-corrected chi connectivity index (χ1v) is 6.88. The number of hydrogen-bond donors (Lipinski definition) is 0. The van der Waals surface area contributed by atoms with Crippen LogP contribution in [0.1, 0.15) is 49.0 Å². The summed E-state index contributed by atoms with van der Waals surface area (Å²) < 4.78 is 0. The quantitative estimate of drug-likeness (QED) is 0.742. The van der Waals surface area contributed by atoms with Crippen LogP contribution in [0.25, 0.3) is 0 Å². The van der Waals surface area contributed by atoms with Crippen molar-refractivity contribution in [2.45, 2.75) is 44.6 Å². The number of hydrogen-bond acceptors (Lipinski definition) is 3. The third kappa shape index (κ3) is 2.61. The van der Waals surface area contributed by atoms with Crippen molar-refractivity contribution < 1.29 is 4.79 Å². The number of nitrogens with zero attached hydrogens (tertiary/aromatic N) is 2. The Bertz CT molecular complexity index is 329. The first-order valence-electron chi connectivity index (χ1n) is 5.94. The van der Waals surface area contributed by atoms with Gasteiger partial charge in [0.05, 0.1) is 5.51 Å². The fourth-order valence-electron chi connectivity index (χ4n) is 2.31. The predicted octanol–water partition coefficient (Wildman–Crippen LogP) is 2.94. The zero-order valence-corrected chi connectivity index (χ0v) is 10.5. The van der Waals surface area contributed by atoms with Gasteiger partial charge in [-0.25, -0.2) is 4.98 Å². The van der Waals surface area contributed by atoms with Crippen LogP contribution in [0.4, 0.5) is 0 Å². The monoisotopic (exact) mass is 238 g/mol. The summed E-state index contributed by atoms with van der Waals surface area (Å²) in [4.78, 5) is 18.1. The molecule has 1 aromatic rings. The minimum atomic E-state index is 0.0770. The molecule has 0 aromatic carbocycles. The normalized spacial score (nSPS) is 18.1. The molecule has 0 bridgehead atoms. The molecular formula is C12H18N2OS. The lowest BCUT2D eigenvalue weighted by molar-refractivity contribution is 0.0712. The average molecular weight is 238 g/mol. The number of thiazole rings is 1. The lowest BCUT2D eigenvalue weighted by Gasteiger charge is -2.26. The number of carbonyl (C=O) groups excluding carboxylic acids is 1. The average Bonchev–Trinajstić information content (AvgIpc) is 2.70. The molecular weight excluding hydrogens is 220 g/mol. The zero-order chi connectivity index (χ0) is 11.4. The molecule has 16 heavy (non-hydrogen) atoms. The van der Waals surface area contributed by atoms with Crippen molar-refractivity contribution in [1.82, 2.24) is 9.88 Å². The van der Waals surface area contributed by atoms with Crippen molar-refractivity contribution in [3.8, 4) is 0 Å². The number of aromatic nitrogens is 1. The molecule has 1 amide bonds. The maximum absolute atomic E-state index is 12.1. The van der Waals surface area contributed by atoms with Gasteiger partial charge in [0.1, 0.15) is 5.69 Å². The van der Waals surface area contributed by atoms with Crippen LogP contribution in [0.2, 0.25) is 0 Å². The van der Waals surface area contributed by atoms with Crippen LogP contribution in [-0.2, 0) is 0 Å². The Hall–Kier alpha value is -0.900. The highest BCUT2D eigenvalue weighted by atomic mass is 32.1. The summed E-state index contributed by atoms with van der Waals surface area (Å²) in [5, 5.41) is 1.83. The van der Waals surface area contributed by atoms with Crippen LogP contribution >= 0.6 is 11.3 Å². The van der Waals surface area contributed by atoms with E-state index in [-0.39, 0.29) is 5.91 Å². The number of amides is 1. The Kier molecular flexibility index (Phi) is 3.93. The molecule has 1 aliphatic carbocycles. The van der Waals surface area contributed by atoms with E-state index < -0.39 is 0 Å². The van der Waals surface area contributed by atoms with E-state index >= 15 is 0 Å². The first kappa shape index (κ1) is 11.6. The molecule has 4 heteroatoms. The third-order valence-corrected chi connectivity index (χ3v) is 3.93. The number of carbonyl (C=O) groups is 1. The largest absolute Gasteiger partial charge is 0.337 e. The summed E-state index contributed by atoms with van der Waals surface area (Å²) in [7, 11) is 1.91. The molecule has 88 valence electrons. The summed E-state index contributed by atoms with van der Waals surface area (Å²) >= 11 is 1.48. The van der Waals surface area contributed by atoms with Crippen molar-refractivity contribution in [1.29, 1.82) is 0 Å². The fourth-order valence-corrected chi connectivity index (χ4v) is 2.84. The molecule has 1 heterocycles. The Labute approximate surface area is 100 Å². The molecule has 0 spiro atoms. The molecule has 2 rings (SSSR count). The fraction of sp³-hybridized carbons (Fsp3) is 0.667. The van der Waals surface area contributed by atoms with Crippen LogP contribution < -0.4 is 0 Å². The molecule has 1 saturated carbocycles. The highest BCUT2D eigenvalue weighted by Gasteiger charge is 2.22. The van der Waals surface area contributed by atoms with Gasteiger partial charge in [0, 0.05) is 18.5 Å². The van der Waals surface area contributed by atoms with Crippen LogP contribution in [0.3, 0.4) is 0 Å². The minimum Gasteiger partial charge on any atom is -0.337 e. The van der Waals surface area contributed by atoms with Gasteiger partial charge in [0.15, 0.2) is 0 Å². The highest BCUT2D eigenvalue weighted by Crippen LogP contribution is 2.22. The van der Waals surface area contributed by atoms with E-state index in [1.807, 2.05) is 17.3 Å². The van der Waals surface area contributed by atoms with Crippen LogP contribution in [0.15, 0.2) is 10.9 Å². The van der Waals surface area contributed by atoms with Gasteiger partial charge in [-0.15, -0.1) is 11.3 Å². The predicted molar refractivity (Wildman–Crippen MR) is 65.7 cm³/mol. The van der Waals surface area contributed by atoms with Crippen LogP contribution in [0, 0.1) is 0 Å². The molecule has 0 N–H and O–H groups in total. The van der Waals surface area contributed by atoms with Crippen molar-refractivity contribution >= 4 is 17.2 Å². The Morgan fingerprint density at radius 2 is 2.06 bits per heavy atom. The Balaban J connectivity index is 2.00. The maximum atomic E-state index is 12.1. The molecule has 0 saturated heterocycles. The van der Waals surface area contributed by atoms with E-state index in [0.29, 0.717) is 11.7 Å². The van der Waals surface area contributed by atoms with Gasteiger partial charge >= 0.3 is 0 Å².